The van der Waals surface area contributed by atoms with Gasteiger partial charge in [-0.2, -0.15) is 0 Å². The third-order valence-electron chi connectivity index (χ3n) is 15.1. The lowest BCUT2D eigenvalue weighted by atomic mass is 9.84. The van der Waals surface area contributed by atoms with E-state index in [1.54, 1.807) is 0 Å². The molecule has 0 amide bonds. The number of furan rings is 1. The summed E-state index contributed by atoms with van der Waals surface area (Å²) >= 11 is 0. The van der Waals surface area contributed by atoms with E-state index in [0.29, 0.717) is 0 Å². The van der Waals surface area contributed by atoms with Gasteiger partial charge in [-0.25, -0.2) is 0 Å². The van der Waals surface area contributed by atoms with Crippen molar-refractivity contribution in [1.29, 1.82) is 0 Å². The molecule has 1 nitrogen and oxygen atoms in total. The van der Waals surface area contributed by atoms with Crippen molar-refractivity contribution in [3.05, 3.63) is 315 Å². The second-order valence-corrected chi connectivity index (χ2v) is 19.8. The van der Waals surface area contributed by atoms with Crippen LogP contribution in [-0.4, -0.2) is 0 Å². The molecule has 0 fully saturated rings. The zero-order chi connectivity index (χ0) is 77.4. The Kier molecular flexibility index (Phi) is 6.89. The number of hydrogen-bond donors (Lipinski definition) is 0. The molecule has 0 saturated heterocycles. The molecule has 0 unspecified atom stereocenters. The summed E-state index contributed by atoms with van der Waals surface area (Å²) in [6.07, 6.45) is 0. The van der Waals surface area contributed by atoms with E-state index in [4.69, 9.17) is 29.1 Å². The predicted octanol–water partition coefficient (Wildman–Crippen LogP) is 23.3. The molecule has 0 aliphatic heterocycles. The van der Waals surface area contributed by atoms with Crippen LogP contribution in [-0.2, 0) is 0 Å². The standard InChI is InChI=1S/C42H26O.C40H26/c1-2-12-27(13-3-1)28-16-10-17-31(24-28)40-32-18-6-8-20-34(32)41(35-21-9-7-19-33(35)40)36-22-11-23-38-42(36)37-25-29-14-4-5-15-30(29)26-39(37)43-38;1-2-13-29-25-31(24-23-27(29)11-1)30-15-9-16-32(26-30)39-35-18-5-7-20-37(35)40(38-21-8-6-19-36(38)39)34-22-10-14-28-12-3-4-17-33(28)34/h1-26H;1-26H/i;1D,2D,3D,4D,5D,6D,7D,8D,9D,10D,11D,12D,13D,14D,15D,16D,17D,18D,19D,20D,21D,22D,23D,24D,25D,26D. The summed E-state index contributed by atoms with van der Waals surface area (Å²) in [5, 5.41) is 4.32. The van der Waals surface area contributed by atoms with Crippen molar-refractivity contribution in [3.63, 3.8) is 0 Å². The molecule has 0 aliphatic rings. The number of fused-ring (bicyclic) bond motifs is 10. The first kappa shape index (κ1) is 28.5. The van der Waals surface area contributed by atoms with Crippen molar-refractivity contribution in [2.24, 2.45) is 0 Å². The maximum atomic E-state index is 9.70. The fraction of sp³-hybridized carbons (Fsp3) is 0. The Labute approximate surface area is 517 Å². The van der Waals surface area contributed by atoms with E-state index >= 15 is 0 Å². The van der Waals surface area contributed by atoms with E-state index in [0.717, 1.165) is 21.9 Å². The van der Waals surface area contributed by atoms with Crippen molar-refractivity contribution in [2.45, 2.75) is 0 Å². The van der Waals surface area contributed by atoms with Gasteiger partial charge < -0.3 is 4.42 Å². The first-order valence-electron chi connectivity index (χ1n) is 39.5. The second-order valence-electron chi connectivity index (χ2n) is 19.8. The van der Waals surface area contributed by atoms with Gasteiger partial charge in [-0.05, 0) is 179 Å². The maximum absolute atomic E-state index is 9.70. The van der Waals surface area contributed by atoms with Gasteiger partial charge in [0.15, 0.2) is 0 Å². The van der Waals surface area contributed by atoms with Crippen LogP contribution in [0.2, 0.25) is 0 Å². The van der Waals surface area contributed by atoms with Crippen LogP contribution in [0.1, 0.15) is 35.6 Å². The molecule has 17 rings (SSSR count). The molecular formula is C82H52O. The maximum Gasteiger partial charge on any atom is 0.136 e. The zero-order valence-electron chi connectivity index (χ0n) is 69.4. The van der Waals surface area contributed by atoms with Gasteiger partial charge in [-0.3, -0.25) is 0 Å². The van der Waals surface area contributed by atoms with Gasteiger partial charge in [0.2, 0.25) is 0 Å². The molecule has 1 aromatic heterocycles. The predicted molar refractivity (Wildman–Crippen MR) is 355 cm³/mol. The smallest absolute Gasteiger partial charge is 0.136 e. The van der Waals surface area contributed by atoms with E-state index in [9.17, 15) is 11.0 Å². The summed E-state index contributed by atoms with van der Waals surface area (Å²) in [6.45, 7) is 0. The first-order chi connectivity index (χ1) is 52.0. The van der Waals surface area contributed by atoms with Crippen LogP contribution in [0.15, 0.2) is 319 Å². The van der Waals surface area contributed by atoms with Gasteiger partial charge in [0.05, 0.1) is 35.6 Å². The summed E-state index contributed by atoms with van der Waals surface area (Å²) in [6, 6.07) is 32.4. The third kappa shape index (κ3) is 8.24. The minimum Gasteiger partial charge on any atom is -0.456 e. The molecule has 386 valence electrons. The summed E-state index contributed by atoms with van der Waals surface area (Å²) in [5.74, 6) is 0. The highest BCUT2D eigenvalue weighted by molar-refractivity contribution is 6.27. The monoisotopic (exact) mass is 1080 g/mol. The molecule has 0 saturated carbocycles. The summed E-state index contributed by atoms with van der Waals surface area (Å²) in [4.78, 5) is 0. The zero-order valence-corrected chi connectivity index (χ0v) is 43.4. The Morgan fingerprint density at radius 2 is 0.735 bits per heavy atom. The number of rotatable bonds is 6. The largest absolute Gasteiger partial charge is 0.456 e. The molecule has 0 bridgehead atoms. The first-order valence-corrected chi connectivity index (χ1v) is 26.5. The molecule has 83 heavy (non-hydrogen) atoms. The van der Waals surface area contributed by atoms with Crippen LogP contribution in [0.25, 0.3) is 164 Å². The normalized spacial score (nSPS) is 16.0. The van der Waals surface area contributed by atoms with Crippen LogP contribution in [0.4, 0.5) is 0 Å². The summed E-state index contributed by atoms with van der Waals surface area (Å²) in [7, 11) is 0. The average Bonchev–Trinajstić information content (AvgIpc) is 1.21. The molecular weight excluding hydrogens is 1000 g/mol. The van der Waals surface area contributed by atoms with Crippen molar-refractivity contribution in [3.8, 4) is 66.8 Å². The van der Waals surface area contributed by atoms with Crippen LogP contribution in [0.5, 0.6) is 0 Å². The SMILES string of the molecule is [2H]c1c([2H])c(-c2c([2H])c([2H])c3c([2H])c([2H])c([2H])c([2H])c3c2[2H])c([2H])c(-c2c3c([2H])c([2H])c([2H])c([2H])c3c(-c3c([2H])c([2H])c([2H])c4c([2H])c([2H])c([2H])c([2H])c34)c3c([2H])c([2H])c([2H])c([2H])c23)c1[2H].c1ccc(-c2cccc(-c3c4ccccc4c(-c4cccc5oc6cc7ccccc7cc6c45)c4ccccc34)c2)cc1. The molecule has 16 aromatic carbocycles. The minimum absolute atomic E-state index is 0.554. The molecule has 0 radical (unpaired) electrons. The molecule has 0 atom stereocenters. The van der Waals surface area contributed by atoms with E-state index < -0.39 is 234 Å². The lowest BCUT2D eigenvalue weighted by Gasteiger charge is -2.19. The van der Waals surface area contributed by atoms with E-state index in [-0.39, 0.29) is 0 Å². The minimum atomic E-state index is -1.07. The Morgan fingerprint density at radius 1 is 0.229 bits per heavy atom. The van der Waals surface area contributed by atoms with Gasteiger partial charge in [-0.1, -0.05) is 278 Å². The summed E-state index contributed by atoms with van der Waals surface area (Å²) < 4.78 is 238. The van der Waals surface area contributed by atoms with Gasteiger partial charge in [-0.15, -0.1) is 0 Å². The van der Waals surface area contributed by atoms with Crippen LogP contribution >= 0.6 is 0 Å². The Morgan fingerprint density at radius 3 is 1.46 bits per heavy atom. The fourth-order valence-corrected chi connectivity index (χ4v) is 11.6. The highest BCUT2D eigenvalue weighted by atomic mass is 16.3. The molecule has 0 aliphatic carbocycles. The van der Waals surface area contributed by atoms with E-state index in [1.165, 1.54) is 65.7 Å². The van der Waals surface area contributed by atoms with Gasteiger partial charge in [0.1, 0.15) is 11.2 Å². The lowest BCUT2D eigenvalue weighted by molar-refractivity contribution is 0.669. The van der Waals surface area contributed by atoms with Crippen molar-refractivity contribution >= 4 is 97.3 Å². The number of hydrogen-bond acceptors (Lipinski definition) is 1. The Balaban J connectivity index is 0.000000180. The Hall–Kier alpha value is -10.9. The van der Waals surface area contributed by atoms with Crippen molar-refractivity contribution < 1.29 is 40.1 Å². The molecule has 0 N–H and O–H groups in total. The van der Waals surface area contributed by atoms with Gasteiger partial charge >= 0.3 is 0 Å². The quantitative estimate of drug-likeness (QED) is 0.151. The molecule has 1 heteroatoms. The third-order valence-corrected chi connectivity index (χ3v) is 15.1. The Bertz CT molecular complexity index is 6850. The van der Waals surface area contributed by atoms with Crippen LogP contribution in [0, 0.1) is 0 Å². The van der Waals surface area contributed by atoms with Crippen molar-refractivity contribution in [1.82, 2.24) is 0 Å². The second kappa shape index (κ2) is 20.0. The van der Waals surface area contributed by atoms with Gasteiger partial charge in [0.25, 0.3) is 0 Å². The number of benzene rings is 16. The van der Waals surface area contributed by atoms with Crippen molar-refractivity contribution in [2.75, 3.05) is 0 Å². The lowest BCUT2D eigenvalue weighted by Crippen LogP contribution is -1.92. The molecule has 1 heterocycles. The highest BCUT2D eigenvalue weighted by Gasteiger charge is 2.22. The van der Waals surface area contributed by atoms with Crippen LogP contribution < -0.4 is 0 Å². The van der Waals surface area contributed by atoms with Gasteiger partial charge in [0, 0.05) is 10.8 Å². The van der Waals surface area contributed by atoms with Crippen LogP contribution in [0.3, 0.4) is 0 Å². The van der Waals surface area contributed by atoms with E-state index in [2.05, 4.69) is 158 Å². The summed E-state index contributed by atoms with van der Waals surface area (Å²) in [5.41, 5.74) is 4.52. The average molecular weight is 1080 g/mol. The fourth-order valence-electron chi connectivity index (χ4n) is 11.6. The molecule has 0 spiro atoms. The highest BCUT2D eigenvalue weighted by Crippen LogP contribution is 2.49. The topological polar surface area (TPSA) is 13.1 Å². The molecule has 17 aromatic rings. The van der Waals surface area contributed by atoms with E-state index in [1.807, 2.05) is 0 Å².